The smallest absolute Gasteiger partial charge is 0.290 e. The largest absolute Gasteiger partial charge is 0.494 e. The molecule has 3 heterocycles. The van der Waals surface area contributed by atoms with Gasteiger partial charge in [0, 0.05) is 19.2 Å². The number of likely N-dealkylation sites (tertiary alicyclic amines) is 1. The van der Waals surface area contributed by atoms with Crippen LogP contribution in [0.15, 0.2) is 36.4 Å². The van der Waals surface area contributed by atoms with Crippen molar-refractivity contribution in [2.45, 2.75) is 25.7 Å². The van der Waals surface area contributed by atoms with E-state index in [0.29, 0.717) is 5.65 Å². The molecular formula is C21H26N6O2. The van der Waals surface area contributed by atoms with E-state index in [1.807, 2.05) is 30.3 Å². The minimum atomic E-state index is -0.324. The summed E-state index contributed by atoms with van der Waals surface area (Å²) >= 11 is 0. The van der Waals surface area contributed by atoms with E-state index in [-0.39, 0.29) is 11.7 Å². The van der Waals surface area contributed by atoms with Gasteiger partial charge < -0.3 is 15.0 Å². The van der Waals surface area contributed by atoms with Crippen LogP contribution >= 0.6 is 0 Å². The molecular weight excluding hydrogens is 368 g/mol. The summed E-state index contributed by atoms with van der Waals surface area (Å²) in [6.45, 7) is 4.27. The molecule has 1 aliphatic heterocycles. The van der Waals surface area contributed by atoms with E-state index < -0.39 is 0 Å². The quantitative estimate of drug-likeness (QED) is 0.620. The SMILES string of the molecule is CNC(=O)c1nnc2ccc(-c3ccc(OCCCN4CCCCC4)cc3)nn12. The number of benzene rings is 1. The molecule has 0 unspecified atom stereocenters. The van der Waals surface area contributed by atoms with Crippen LogP contribution in [0.1, 0.15) is 36.3 Å². The first-order chi connectivity index (χ1) is 14.2. The molecule has 4 rings (SSSR count). The third kappa shape index (κ3) is 4.54. The van der Waals surface area contributed by atoms with Gasteiger partial charge in [-0.3, -0.25) is 4.79 Å². The molecule has 0 aliphatic carbocycles. The van der Waals surface area contributed by atoms with Crippen molar-refractivity contribution in [1.29, 1.82) is 0 Å². The van der Waals surface area contributed by atoms with Crippen molar-refractivity contribution in [2.75, 3.05) is 33.3 Å². The Morgan fingerprint density at radius 2 is 1.86 bits per heavy atom. The van der Waals surface area contributed by atoms with Crippen LogP contribution in [0.3, 0.4) is 0 Å². The van der Waals surface area contributed by atoms with Crippen LogP contribution in [0.4, 0.5) is 0 Å². The van der Waals surface area contributed by atoms with Gasteiger partial charge in [0.1, 0.15) is 5.75 Å². The molecule has 1 aliphatic rings. The highest BCUT2D eigenvalue weighted by molar-refractivity contribution is 5.90. The number of piperidine rings is 1. The molecule has 1 aromatic carbocycles. The maximum Gasteiger partial charge on any atom is 0.290 e. The minimum absolute atomic E-state index is 0.165. The Hall–Kier alpha value is -3.00. The van der Waals surface area contributed by atoms with Gasteiger partial charge in [-0.25, -0.2) is 0 Å². The number of carbonyl (C=O) groups excluding carboxylic acids is 1. The summed E-state index contributed by atoms with van der Waals surface area (Å²) in [5.41, 5.74) is 2.20. The second-order valence-corrected chi connectivity index (χ2v) is 7.22. The second-order valence-electron chi connectivity index (χ2n) is 7.22. The van der Waals surface area contributed by atoms with Crippen LogP contribution in [0.5, 0.6) is 5.75 Å². The molecule has 1 saturated heterocycles. The number of hydrogen-bond acceptors (Lipinski definition) is 6. The van der Waals surface area contributed by atoms with Crippen LogP contribution in [0.25, 0.3) is 16.9 Å². The molecule has 29 heavy (non-hydrogen) atoms. The van der Waals surface area contributed by atoms with Crippen molar-refractivity contribution in [3.63, 3.8) is 0 Å². The number of ether oxygens (including phenoxy) is 1. The van der Waals surface area contributed by atoms with E-state index >= 15 is 0 Å². The lowest BCUT2D eigenvalue weighted by molar-refractivity contribution is 0.0950. The summed E-state index contributed by atoms with van der Waals surface area (Å²) in [5, 5.41) is 14.9. The number of rotatable bonds is 7. The molecule has 0 bridgehead atoms. The molecule has 0 radical (unpaired) electrons. The van der Waals surface area contributed by atoms with Crippen LogP contribution in [0, 0.1) is 0 Å². The Bertz CT molecular complexity index is 963. The predicted octanol–water partition coefficient (Wildman–Crippen LogP) is 2.41. The summed E-state index contributed by atoms with van der Waals surface area (Å²) in [6.07, 6.45) is 5.05. The first kappa shape index (κ1) is 19.3. The summed E-state index contributed by atoms with van der Waals surface area (Å²) in [4.78, 5) is 14.4. The van der Waals surface area contributed by atoms with Gasteiger partial charge in [0.05, 0.1) is 12.3 Å². The Labute approximate surface area is 169 Å². The lowest BCUT2D eigenvalue weighted by Crippen LogP contribution is -2.31. The topological polar surface area (TPSA) is 84.6 Å². The first-order valence-corrected chi connectivity index (χ1v) is 10.1. The molecule has 1 N–H and O–H groups in total. The van der Waals surface area contributed by atoms with Crippen LogP contribution in [-0.2, 0) is 0 Å². The Balaban J connectivity index is 1.37. The highest BCUT2D eigenvalue weighted by Gasteiger charge is 2.14. The average molecular weight is 394 g/mol. The van der Waals surface area contributed by atoms with E-state index in [1.165, 1.54) is 36.9 Å². The van der Waals surface area contributed by atoms with Crippen molar-refractivity contribution < 1.29 is 9.53 Å². The highest BCUT2D eigenvalue weighted by Crippen LogP contribution is 2.21. The molecule has 152 valence electrons. The zero-order valence-electron chi connectivity index (χ0n) is 16.7. The monoisotopic (exact) mass is 394 g/mol. The standard InChI is InChI=1S/C21H26N6O2/c1-22-21(28)20-24-23-19-11-10-18(25-27(19)20)16-6-8-17(9-7-16)29-15-5-14-26-12-3-2-4-13-26/h6-11H,2-5,12-15H2,1H3,(H,22,28). The van der Waals surface area contributed by atoms with Crippen molar-refractivity contribution in [2.24, 2.45) is 0 Å². The second kappa shape index (κ2) is 9.00. The molecule has 0 spiro atoms. The van der Waals surface area contributed by atoms with E-state index in [1.54, 1.807) is 13.1 Å². The van der Waals surface area contributed by atoms with Crippen molar-refractivity contribution >= 4 is 11.6 Å². The number of nitrogens with zero attached hydrogens (tertiary/aromatic N) is 5. The van der Waals surface area contributed by atoms with Gasteiger partial charge in [0.15, 0.2) is 5.65 Å². The Morgan fingerprint density at radius 1 is 1.07 bits per heavy atom. The molecule has 1 fully saturated rings. The van der Waals surface area contributed by atoms with Gasteiger partial charge >= 0.3 is 0 Å². The van der Waals surface area contributed by atoms with Crippen LogP contribution < -0.4 is 10.1 Å². The van der Waals surface area contributed by atoms with Crippen molar-refractivity contribution in [3.05, 3.63) is 42.2 Å². The minimum Gasteiger partial charge on any atom is -0.494 e. The molecule has 0 saturated carbocycles. The third-order valence-corrected chi connectivity index (χ3v) is 5.18. The maximum atomic E-state index is 11.9. The van der Waals surface area contributed by atoms with Gasteiger partial charge in [-0.15, -0.1) is 10.2 Å². The average Bonchev–Trinajstić information content (AvgIpc) is 3.20. The Kier molecular flexibility index (Phi) is 6.00. The van der Waals surface area contributed by atoms with Crippen molar-refractivity contribution in [3.8, 4) is 17.0 Å². The normalized spacial score (nSPS) is 14.8. The first-order valence-electron chi connectivity index (χ1n) is 10.1. The van der Waals surface area contributed by atoms with E-state index in [4.69, 9.17) is 4.74 Å². The number of aromatic nitrogens is 4. The number of nitrogens with one attached hydrogen (secondary N) is 1. The summed E-state index contributed by atoms with van der Waals surface area (Å²) < 4.78 is 7.34. The Morgan fingerprint density at radius 3 is 2.62 bits per heavy atom. The lowest BCUT2D eigenvalue weighted by atomic mass is 10.1. The molecule has 2 aromatic heterocycles. The highest BCUT2D eigenvalue weighted by atomic mass is 16.5. The van der Waals surface area contributed by atoms with E-state index in [0.717, 1.165) is 36.6 Å². The number of hydrogen-bond donors (Lipinski definition) is 1. The lowest BCUT2D eigenvalue weighted by Gasteiger charge is -2.26. The fraction of sp³-hybridized carbons (Fsp3) is 0.429. The summed E-state index contributed by atoms with van der Waals surface area (Å²) in [6, 6.07) is 11.5. The van der Waals surface area contributed by atoms with Gasteiger partial charge in [-0.1, -0.05) is 6.42 Å². The molecule has 1 amide bonds. The number of carbonyl (C=O) groups is 1. The third-order valence-electron chi connectivity index (χ3n) is 5.18. The fourth-order valence-corrected chi connectivity index (χ4v) is 3.58. The maximum absolute atomic E-state index is 11.9. The molecule has 0 atom stereocenters. The van der Waals surface area contributed by atoms with Crippen molar-refractivity contribution in [1.82, 2.24) is 30.0 Å². The predicted molar refractivity (Wildman–Crippen MR) is 110 cm³/mol. The van der Waals surface area contributed by atoms with Gasteiger partial charge in [0.25, 0.3) is 5.91 Å². The van der Waals surface area contributed by atoms with E-state index in [2.05, 4.69) is 25.5 Å². The van der Waals surface area contributed by atoms with Gasteiger partial charge in [-0.05, 0) is 68.8 Å². The van der Waals surface area contributed by atoms with E-state index in [9.17, 15) is 4.79 Å². The molecule has 8 heteroatoms. The fourth-order valence-electron chi connectivity index (χ4n) is 3.58. The van der Waals surface area contributed by atoms with Crippen LogP contribution in [0.2, 0.25) is 0 Å². The summed E-state index contributed by atoms with van der Waals surface area (Å²) in [5.74, 6) is 0.692. The number of amides is 1. The zero-order chi connectivity index (χ0) is 20.1. The number of fused-ring (bicyclic) bond motifs is 1. The zero-order valence-corrected chi connectivity index (χ0v) is 16.7. The van der Waals surface area contributed by atoms with Gasteiger partial charge in [0.2, 0.25) is 5.82 Å². The van der Waals surface area contributed by atoms with Crippen LogP contribution in [-0.4, -0.2) is 63.9 Å². The van der Waals surface area contributed by atoms with Gasteiger partial charge in [-0.2, -0.15) is 9.61 Å². The summed E-state index contributed by atoms with van der Waals surface area (Å²) in [7, 11) is 1.55. The molecule has 8 nitrogen and oxygen atoms in total. The molecule has 3 aromatic rings.